The van der Waals surface area contributed by atoms with E-state index in [4.69, 9.17) is 14.2 Å². The SMILES string of the molecule is COc1ccc(OCCCC(=O)Nc2ncccc2OCc2ccccc2)cc1. The van der Waals surface area contributed by atoms with Gasteiger partial charge in [-0.25, -0.2) is 4.98 Å². The Morgan fingerprint density at radius 2 is 1.69 bits per heavy atom. The molecule has 0 aliphatic heterocycles. The van der Waals surface area contributed by atoms with Crippen molar-refractivity contribution in [1.82, 2.24) is 4.98 Å². The molecule has 0 bridgehead atoms. The Hall–Kier alpha value is -3.54. The molecule has 3 aromatic rings. The lowest BCUT2D eigenvalue weighted by atomic mass is 10.2. The Labute approximate surface area is 170 Å². The van der Waals surface area contributed by atoms with Gasteiger partial charge in [0.15, 0.2) is 11.6 Å². The highest BCUT2D eigenvalue weighted by molar-refractivity contribution is 5.91. The number of aromatic nitrogens is 1. The van der Waals surface area contributed by atoms with E-state index in [0.29, 0.717) is 37.6 Å². The molecule has 0 saturated heterocycles. The molecule has 0 fully saturated rings. The highest BCUT2D eigenvalue weighted by Crippen LogP contribution is 2.22. The summed E-state index contributed by atoms with van der Waals surface area (Å²) < 4.78 is 16.6. The minimum absolute atomic E-state index is 0.133. The summed E-state index contributed by atoms with van der Waals surface area (Å²) in [6.45, 7) is 0.852. The maximum Gasteiger partial charge on any atom is 0.225 e. The largest absolute Gasteiger partial charge is 0.497 e. The van der Waals surface area contributed by atoms with Crippen LogP contribution in [0.2, 0.25) is 0 Å². The van der Waals surface area contributed by atoms with E-state index in [0.717, 1.165) is 17.1 Å². The predicted octanol–water partition coefficient (Wildman–Crippen LogP) is 4.47. The molecule has 1 amide bonds. The molecule has 0 atom stereocenters. The minimum Gasteiger partial charge on any atom is -0.497 e. The smallest absolute Gasteiger partial charge is 0.225 e. The van der Waals surface area contributed by atoms with Crippen LogP contribution in [0.1, 0.15) is 18.4 Å². The second kappa shape index (κ2) is 10.7. The number of nitrogens with one attached hydrogen (secondary N) is 1. The zero-order valence-corrected chi connectivity index (χ0v) is 16.3. The average Bonchev–Trinajstić information content (AvgIpc) is 2.77. The van der Waals surface area contributed by atoms with Crippen LogP contribution in [0.15, 0.2) is 72.9 Å². The van der Waals surface area contributed by atoms with Crippen molar-refractivity contribution in [3.63, 3.8) is 0 Å². The van der Waals surface area contributed by atoms with E-state index in [1.807, 2.05) is 54.6 Å². The van der Waals surface area contributed by atoms with Gasteiger partial charge in [0.2, 0.25) is 5.91 Å². The van der Waals surface area contributed by atoms with Gasteiger partial charge in [-0.3, -0.25) is 4.79 Å². The van der Waals surface area contributed by atoms with Crippen LogP contribution in [0.25, 0.3) is 0 Å². The van der Waals surface area contributed by atoms with Gasteiger partial charge in [0, 0.05) is 12.6 Å². The van der Waals surface area contributed by atoms with Crippen molar-refractivity contribution < 1.29 is 19.0 Å². The molecule has 0 radical (unpaired) electrons. The van der Waals surface area contributed by atoms with Crippen LogP contribution in [0, 0.1) is 0 Å². The zero-order valence-electron chi connectivity index (χ0n) is 16.3. The van der Waals surface area contributed by atoms with E-state index in [-0.39, 0.29) is 5.91 Å². The Bertz CT molecular complexity index is 898. The van der Waals surface area contributed by atoms with E-state index < -0.39 is 0 Å². The summed E-state index contributed by atoms with van der Waals surface area (Å²) in [6, 6.07) is 20.7. The number of ether oxygens (including phenoxy) is 3. The van der Waals surface area contributed by atoms with Crippen LogP contribution in [-0.2, 0) is 11.4 Å². The molecule has 6 heteroatoms. The fraction of sp³-hybridized carbons (Fsp3) is 0.217. The van der Waals surface area contributed by atoms with Gasteiger partial charge in [-0.1, -0.05) is 30.3 Å². The standard InChI is InChI=1S/C23H24N2O4/c1-27-19-11-13-20(14-12-19)28-16-6-10-22(26)25-23-21(9-5-15-24-23)29-17-18-7-3-2-4-8-18/h2-5,7-9,11-15H,6,10,16-17H2,1H3,(H,24,25,26). The van der Waals surface area contributed by atoms with E-state index in [9.17, 15) is 4.79 Å². The van der Waals surface area contributed by atoms with Crippen LogP contribution >= 0.6 is 0 Å². The fourth-order valence-corrected chi connectivity index (χ4v) is 2.63. The maximum atomic E-state index is 12.3. The van der Waals surface area contributed by atoms with Gasteiger partial charge in [-0.2, -0.15) is 0 Å². The third-order valence-electron chi connectivity index (χ3n) is 4.14. The Morgan fingerprint density at radius 3 is 2.45 bits per heavy atom. The van der Waals surface area contributed by atoms with Gasteiger partial charge in [-0.15, -0.1) is 0 Å². The molecule has 0 spiro atoms. The van der Waals surface area contributed by atoms with Gasteiger partial charge >= 0.3 is 0 Å². The summed E-state index contributed by atoms with van der Waals surface area (Å²) in [5, 5.41) is 2.81. The Kier molecular flexibility index (Phi) is 7.46. The zero-order chi connectivity index (χ0) is 20.3. The van der Waals surface area contributed by atoms with E-state index >= 15 is 0 Å². The first-order valence-electron chi connectivity index (χ1n) is 9.43. The van der Waals surface area contributed by atoms with Crippen molar-refractivity contribution in [3.8, 4) is 17.2 Å². The first kappa shape index (κ1) is 20.2. The lowest BCUT2D eigenvalue weighted by molar-refractivity contribution is -0.116. The van der Waals surface area contributed by atoms with Crippen LogP contribution in [0.3, 0.4) is 0 Å². The first-order chi connectivity index (χ1) is 14.2. The summed E-state index contributed by atoms with van der Waals surface area (Å²) in [4.78, 5) is 16.5. The third-order valence-corrected chi connectivity index (χ3v) is 4.14. The number of carbonyl (C=O) groups excluding carboxylic acids is 1. The molecule has 0 unspecified atom stereocenters. The van der Waals surface area contributed by atoms with Gasteiger partial charge in [0.1, 0.15) is 18.1 Å². The maximum absolute atomic E-state index is 12.3. The summed E-state index contributed by atoms with van der Waals surface area (Å²) in [6.07, 6.45) is 2.54. The molecule has 150 valence electrons. The minimum atomic E-state index is -0.133. The van der Waals surface area contributed by atoms with Gasteiger partial charge < -0.3 is 19.5 Å². The topological polar surface area (TPSA) is 69.7 Å². The van der Waals surface area contributed by atoms with Crippen LogP contribution in [-0.4, -0.2) is 24.6 Å². The highest BCUT2D eigenvalue weighted by atomic mass is 16.5. The molecule has 1 heterocycles. The van der Waals surface area contributed by atoms with Crippen LogP contribution < -0.4 is 19.5 Å². The number of rotatable bonds is 10. The summed E-state index contributed by atoms with van der Waals surface area (Å²) >= 11 is 0. The second-order valence-electron chi connectivity index (χ2n) is 6.30. The third kappa shape index (κ3) is 6.53. The molecule has 3 rings (SSSR count). The van der Waals surface area contributed by atoms with Crippen molar-refractivity contribution in [2.45, 2.75) is 19.4 Å². The fourth-order valence-electron chi connectivity index (χ4n) is 2.63. The van der Waals surface area contributed by atoms with Crippen molar-refractivity contribution >= 4 is 11.7 Å². The van der Waals surface area contributed by atoms with Crippen molar-refractivity contribution in [1.29, 1.82) is 0 Å². The summed E-state index contributed by atoms with van der Waals surface area (Å²) in [7, 11) is 1.62. The van der Waals surface area contributed by atoms with E-state index in [2.05, 4.69) is 10.3 Å². The number of methoxy groups -OCH3 is 1. The summed E-state index contributed by atoms with van der Waals surface area (Å²) in [5.74, 6) is 2.35. The Balaban J connectivity index is 1.44. The molecule has 1 N–H and O–H groups in total. The molecule has 29 heavy (non-hydrogen) atoms. The molecule has 0 saturated carbocycles. The molecule has 0 aliphatic rings. The lowest BCUT2D eigenvalue weighted by Gasteiger charge is -2.12. The number of benzene rings is 2. The van der Waals surface area contributed by atoms with E-state index in [1.165, 1.54) is 0 Å². The predicted molar refractivity (Wildman–Crippen MR) is 111 cm³/mol. The average molecular weight is 392 g/mol. The number of pyridine rings is 1. The number of amides is 1. The number of hydrogen-bond donors (Lipinski definition) is 1. The lowest BCUT2D eigenvalue weighted by Crippen LogP contribution is -2.14. The Morgan fingerprint density at radius 1 is 0.931 bits per heavy atom. The quantitative estimate of drug-likeness (QED) is 0.516. The number of nitrogens with zero attached hydrogens (tertiary/aromatic N) is 1. The highest BCUT2D eigenvalue weighted by Gasteiger charge is 2.09. The van der Waals surface area contributed by atoms with Crippen LogP contribution in [0.5, 0.6) is 17.2 Å². The monoisotopic (exact) mass is 392 g/mol. The first-order valence-corrected chi connectivity index (χ1v) is 9.43. The van der Waals surface area contributed by atoms with E-state index in [1.54, 1.807) is 25.4 Å². The molecule has 6 nitrogen and oxygen atoms in total. The molecule has 2 aromatic carbocycles. The molecular weight excluding hydrogens is 368 g/mol. The molecule has 0 aliphatic carbocycles. The van der Waals surface area contributed by atoms with Crippen molar-refractivity contribution in [3.05, 3.63) is 78.5 Å². The normalized spacial score (nSPS) is 10.2. The number of anilines is 1. The van der Waals surface area contributed by atoms with Gasteiger partial charge in [0.25, 0.3) is 0 Å². The number of hydrogen-bond acceptors (Lipinski definition) is 5. The summed E-state index contributed by atoms with van der Waals surface area (Å²) in [5.41, 5.74) is 1.05. The second-order valence-corrected chi connectivity index (χ2v) is 6.30. The number of carbonyl (C=O) groups is 1. The van der Waals surface area contributed by atoms with Crippen molar-refractivity contribution in [2.24, 2.45) is 0 Å². The van der Waals surface area contributed by atoms with Crippen molar-refractivity contribution in [2.75, 3.05) is 19.0 Å². The molecule has 1 aromatic heterocycles. The molecular formula is C23H24N2O4. The van der Waals surface area contributed by atoms with Gasteiger partial charge in [0.05, 0.1) is 13.7 Å². The van der Waals surface area contributed by atoms with Crippen LogP contribution in [0.4, 0.5) is 5.82 Å². The van der Waals surface area contributed by atoms with Gasteiger partial charge in [-0.05, 0) is 48.4 Å².